The highest BCUT2D eigenvalue weighted by Gasteiger charge is 2.30. The summed E-state index contributed by atoms with van der Waals surface area (Å²) in [5.41, 5.74) is 0. The molecule has 92 heavy (non-hydrogen) atoms. The molecule has 0 amide bonds. The summed E-state index contributed by atoms with van der Waals surface area (Å²) < 4.78 is 68.4. The Labute approximate surface area is 562 Å². The van der Waals surface area contributed by atoms with E-state index in [2.05, 4.69) is 41.5 Å². The fourth-order valence-corrected chi connectivity index (χ4v) is 12.7. The number of carbonyl (C=O) groups excluding carboxylic acids is 4. The fraction of sp³-hybridized carbons (Fsp3) is 0.945. The first-order chi connectivity index (χ1) is 44.4. The van der Waals surface area contributed by atoms with E-state index in [1.54, 1.807) is 0 Å². The molecular formula is C73H142O17P2. The lowest BCUT2D eigenvalue weighted by molar-refractivity contribution is -0.161. The zero-order valence-electron chi connectivity index (χ0n) is 59.9. The van der Waals surface area contributed by atoms with Gasteiger partial charge in [-0.2, -0.15) is 0 Å². The summed E-state index contributed by atoms with van der Waals surface area (Å²) >= 11 is 0. The van der Waals surface area contributed by atoms with Crippen molar-refractivity contribution in [2.24, 2.45) is 11.8 Å². The molecule has 0 bridgehead atoms. The number of aliphatic hydroxyl groups excluding tert-OH is 1. The highest BCUT2D eigenvalue weighted by molar-refractivity contribution is 7.47. The summed E-state index contributed by atoms with van der Waals surface area (Å²) in [7, 11) is -9.90. The van der Waals surface area contributed by atoms with Crippen molar-refractivity contribution in [3.8, 4) is 0 Å². The maximum atomic E-state index is 13.1. The Morgan fingerprint density at radius 1 is 0.315 bits per heavy atom. The molecule has 19 heteroatoms. The number of carbonyl (C=O) groups is 4. The minimum absolute atomic E-state index is 0.106. The molecule has 0 aliphatic carbocycles. The molecule has 3 unspecified atom stereocenters. The highest BCUT2D eigenvalue weighted by Crippen LogP contribution is 2.45. The lowest BCUT2D eigenvalue weighted by Crippen LogP contribution is -2.30. The van der Waals surface area contributed by atoms with Crippen LogP contribution in [0.1, 0.15) is 375 Å². The number of rotatable bonds is 72. The van der Waals surface area contributed by atoms with Crippen LogP contribution in [0.3, 0.4) is 0 Å². The molecule has 0 radical (unpaired) electrons. The van der Waals surface area contributed by atoms with Crippen LogP contribution in [0.2, 0.25) is 0 Å². The molecule has 0 aromatic heterocycles. The third-order valence-corrected chi connectivity index (χ3v) is 19.2. The molecule has 0 aromatic rings. The van der Waals surface area contributed by atoms with Crippen molar-refractivity contribution in [3.05, 3.63) is 0 Å². The molecule has 546 valence electrons. The van der Waals surface area contributed by atoms with Crippen molar-refractivity contribution in [3.63, 3.8) is 0 Å². The molecule has 0 aliphatic heterocycles. The lowest BCUT2D eigenvalue weighted by atomic mass is 9.99. The number of ether oxygens (including phenoxy) is 4. The van der Waals surface area contributed by atoms with Gasteiger partial charge in [0.1, 0.15) is 19.3 Å². The second kappa shape index (κ2) is 65.0. The van der Waals surface area contributed by atoms with Gasteiger partial charge >= 0.3 is 39.5 Å². The van der Waals surface area contributed by atoms with Crippen LogP contribution in [0.5, 0.6) is 0 Å². The fourth-order valence-electron chi connectivity index (χ4n) is 11.1. The van der Waals surface area contributed by atoms with Crippen LogP contribution < -0.4 is 0 Å². The van der Waals surface area contributed by atoms with Crippen molar-refractivity contribution in [2.45, 2.75) is 394 Å². The predicted octanol–water partition coefficient (Wildman–Crippen LogP) is 21.2. The van der Waals surface area contributed by atoms with Gasteiger partial charge in [-0.25, -0.2) is 9.13 Å². The molecule has 0 heterocycles. The van der Waals surface area contributed by atoms with E-state index < -0.39 is 97.5 Å². The van der Waals surface area contributed by atoms with Crippen LogP contribution in [0.4, 0.5) is 0 Å². The predicted molar refractivity (Wildman–Crippen MR) is 372 cm³/mol. The smallest absolute Gasteiger partial charge is 0.462 e. The van der Waals surface area contributed by atoms with Crippen LogP contribution >= 0.6 is 15.6 Å². The van der Waals surface area contributed by atoms with Crippen molar-refractivity contribution >= 4 is 39.5 Å². The Bertz CT molecular complexity index is 1790. The molecule has 0 saturated heterocycles. The van der Waals surface area contributed by atoms with E-state index in [4.69, 9.17) is 37.0 Å². The van der Waals surface area contributed by atoms with E-state index in [-0.39, 0.29) is 25.7 Å². The van der Waals surface area contributed by atoms with Crippen LogP contribution in [0, 0.1) is 11.8 Å². The molecule has 17 nitrogen and oxygen atoms in total. The summed E-state index contributed by atoms with van der Waals surface area (Å²) in [5, 5.41) is 10.6. The zero-order chi connectivity index (χ0) is 67.9. The number of phosphoric ester groups is 2. The van der Waals surface area contributed by atoms with Crippen molar-refractivity contribution in [2.75, 3.05) is 39.6 Å². The van der Waals surface area contributed by atoms with Crippen molar-refractivity contribution in [1.29, 1.82) is 0 Å². The Hall–Kier alpha value is -1.94. The number of unbranched alkanes of at least 4 members (excludes halogenated alkanes) is 41. The van der Waals surface area contributed by atoms with Crippen molar-refractivity contribution < 1.29 is 80.2 Å². The highest BCUT2D eigenvalue weighted by atomic mass is 31.2. The summed E-state index contributed by atoms with van der Waals surface area (Å²) in [6, 6.07) is 0. The molecule has 6 atom stereocenters. The van der Waals surface area contributed by atoms with Gasteiger partial charge in [0.2, 0.25) is 0 Å². The minimum Gasteiger partial charge on any atom is -0.462 e. The van der Waals surface area contributed by atoms with Crippen LogP contribution in [-0.4, -0.2) is 96.7 Å². The van der Waals surface area contributed by atoms with Crippen LogP contribution in [0.15, 0.2) is 0 Å². The third-order valence-electron chi connectivity index (χ3n) is 17.3. The summed E-state index contributed by atoms with van der Waals surface area (Å²) in [4.78, 5) is 72.7. The van der Waals surface area contributed by atoms with Gasteiger partial charge in [-0.3, -0.25) is 37.3 Å². The monoisotopic (exact) mass is 1350 g/mol. The molecule has 0 aromatic carbocycles. The standard InChI is InChI=1S/C73H142O17P2/c1-7-10-12-14-16-18-19-20-21-22-23-24-33-39-45-51-57-72(77)89-69(62-84-71(76)56-50-44-38-32-28-26-31-36-42-48-54-66(6)9-3)64-88-92(81,82)86-60-67(74)59-85-91(79,80)87-63-68(61-83-70(75)55-49-43-37-29-17-15-13-11-8-2)90-73(78)58-52-46-40-34-27-25-30-35-41-47-53-65(4)5/h65-69,74H,7-64H2,1-6H3,(H,79,80)(H,81,82)/t66?,67-,68+,69+/m0/s1. The molecule has 0 fully saturated rings. The van der Waals surface area contributed by atoms with Gasteiger partial charge in [-0.1, -0.05) is 324 Å². The quantitative estimate of drug-likeness (QED) is 0.0222. The lowest BCUT2D eigenvalue weighted by Gasteiger charge is -2.21. The maximum absolute atomic E-state index is 13.1. The molecule has 0 aliphatic rings. The first-order valence-electron chi connectivity index (χ1n) is 38.0. The van der Waals surface area contributed by atoms with Gasteiger partial charge in [-0.05, 0) is 37.5 Å². The Kier molecular flexibility index (Phi) is 63.7. The summed E-state index contributed by atoms with van der Waals surface area (Å²) in [6.45, 7) is 9.58. The molecule has 3 N–H and O–H groups in total. The SMILES string of the molecule is CCCCCCCCCCCCCCCCCCC(=O)O[C@H](COC(=O)CCCCCCCCCCCCC(C)CC)COP(=O)(O)OC[C@@H](O)COP(=O)(O)OC[C@@H](COC(=O)CCCCCCCCCCC)OC(=O)CCCCCCCCCCCCC(C)C. The number of hydrogen-bond donors (Lipinski definition) is 3. The number of aliphatic hydroxyl groups is 1. The maximum Gasteiger partial charge on any atom is 0.472 e. The van der Waals surface area contributed by atoms with Crippen LogP contribution in [0.25, 0.3) is 0 Å². The van der Waals surface area contributed by atoms with E-state index in [1.165, 1.54) is 193 Å². The van der Waals surface area contributed by atoms with E-state index in [0.29, 0.717) is 25.7 Å². The Morgan fingerprint density at radius 2 is 0.554 bits per heavy atom. The van der Waals surface area contributed by atoms with Gasteiger partial charge in [-0.15, -0.1) is 0 Å². The summed E-state index contributed by atoms with van der Waals surface area (Å²) in [6.07, 6.45) is 51.2. The molecule has 0 saturated carbocycles. The van der Waals surface area contributed by atoms with Crippen LogP contribution in [-0.2, 0) is 65.4 Å². The molecule has 0 spiro atoms. The second-order valence-electron chi connectivity index (χ2n) is 27.1. The summed E-state index contributed by atoms with van der Waals surface area (Å²) in [5.74, 6) is -0.558. The van der Waals surface area contributed by atoms with Gasteiger partial charge in [0.15, 0.2) is 12.2 Å². The average Bonchev–Trinajstić information content (AvgIpc) is 1.46. The second-order valence-corrected chi connectivity index (χ2v) is 30.0. The minimum atomic E-state index is -4.95. The number of hydrogen-bond acceptors (Lipinski definition) is 15. The first kappa shape index (κ1) is 90.1. The zero-order valence-corrected chi connectivity index (χ0v) is 61.6. The Balaban J connectivity index is 5.24. The largest absolute Gasteiger partial charge is 0.472 e. The van der Waals surface area contributed by atoms with E-state index in [0.717, 1.165) is 102 Å². The van der Waals surface area contributed by atoms with Gasteiger partial charge in [0.25, 0.3) is 0 Å². The average molecular weight is 1350 g/mol. The van der Waals surface area contributed by atoms with E-state index in [1.807, 2.05) is 0 Å². The number of phosphoric acid groups is 2. The van der Waals surface area contributed by atoms with E-state index >= 15 is 0 Å². The van der Waals surface area contributed by atoms with E-state index in [9.17, 15) is 43.2 Å². The number of esters is 4. The first-order valence-corrected chi connectivity index (χ1v) is 41.0. The Morgan fingerprint density at radius 3 is 0.826 bits per heavy atom. The third kappa shape index (κ3) is 65.4. The molecular weight excluding hydrogens is 1210 g/mol. The van der Waals surface area contributed by atoms with Crippen molar-refractivity contribution in [1.82, 2.24) is 0 Å². The normalized spacial score (nSPS) is 14.4. The van der Waals surface area contributed by atoms with Gasteiger partial charge in [0.05, 0.1) is 26.4 Å². The van der Waals surface area contributed by atoms with Gasteiger partial charge < -0.3 is 33.8 Å². The van der Waals surface area contributed by atoms with Gasteiger partial charge in [0, 0.05) is 25.7 Å². The molecule has 0 rings (SSSR count). The topological polar surface area (TPSA) is 237 Å².